The number of nitrogens with two attached hydrogens (primary N) is 1. The maximum Gasteiger partial charge on any atom is 0.254 e. The smallest absolute Gasteiger partial charge is 0.254 e. The molecule has 0 aliphatic carbocycles. The second kappa shape index (κ2) is 5.05. The van der Waals surface area contributed by atoms with Crippen molar-refractivity contribution in [2.75, 3.05) is 5.73 Å². The van der Waals surface area contributed by atoms with Crippen LogP contribution < -0.4 is 11.1 Å². The van der Waals surface area contributed by atoms with E-state index in [0.717, 1.165) is 5.69 Å². The van der Waals surface area contributed by atoms with Crippen LogP contribution in [0.1, 0.15) is 16.1 Å². The fourth-order valence-corrected chi connectivity index (χ4v) is 1.65. The van der Waals surface area contributed by atoms with Crippen LogP contribution in [-0.2, 0) is 13.6 Å². The highest BCUT2D eigenvalue weighted by Crippen LogP contribution is 2.15. The van der Waals surface area contributed by atoms with E-state index in [4.69, 9.17) is 17.3 Å². The number of carbonyl (C=O) groups excluding carboxylic acids is 1. The molecule has 6 nitrogen and oxygen atoms in total. The first-order valence-corrected chi connectivity index (χ1v) is 5.62. The molecule has 0 radical (unpaired) electrons. The summed E-state index contributed by atoms with van der Waals surface area (Å²) in [5.41, 5.74) is 7.11. The van der Waals surface area contributed by atoms with Gasteiger partial charge in [-0.1, -0.05) is 11.6 Å². The molecule has 0 aliphatic rings. The molecule has 0 aromatic carbocycles. The number of anilines is 1. The molecule has 3 N–H and O–H groups in total. The Hall–Kier alpha value is -2.08. The molecule has 0 saturated carbocycles. The van der Waals surface area contributed by atoms with Crippen LogP contribution in [0.15, 0.2) is 24.5 Å². The van der Waals surface area contributed by atoms with Crippen molar-refractivity contribution in [1.82, 2.24) is 20.1 Å². The molecule has 0 spiro atoms. The van der Waals surface area contributed by atoms with Crippen LogP contribution >= 0.6 is 11.6 Å². The van der Waals surface area contributed by atoms with E-state index in [2.05, 4.69) is 15.4 Å². The molecule has 2 heterocycles. The predicted octanol–water partition coefficient (Wildman–Crippen LogP) is 0.981. The molecule has 1 amide bonds. The lowest BCUT2D eigenvalue weighted by Crippen LogP contribution is -2.24. The van der Waals surface area contributed by atoms with Crippen LogP contribution in [0.4, 0.5) is 5.69 Å². The highest BCUT2D eigenvalue weighted by Gasteiger charge is 2.12. The van der Waals surface area contributed by atoms with Crippen LogP contribution in [0.3, 0.4) is 0 Å². The minimum atomic E-state index is -0.319. The van der Waals surface area contributed by atoms with Gasteiger partial charge in [-0.15, -0.1) is 0 Å². The summed E-state index contributed by atoms with van der Waals surface area (Å²) in [5, 5.41) is 6.87. The van der Waals surface area contributed by atoms with E-state index < -0.39 is 0 Å². The number of nitrogens with one attached hydrogen (secondary N) is 1. The molecular weight excluding hydrogens is 254 g/mol. The maximum absolute atomic E-state index is 11.9. The number of halogens is 1. The maximum atomic E-state index is 11.9. The molecule has 0 aliphatic heterocycles. The number of hydrogen-bond donors (Lipinski definition) is 2. The highest BCUT2D eigenvalue weighted by molar-refractivity contribution is 6.32. The largest absolute Gasteiger partial charge is 0.397 e. The summed E-state index contributed by atoms with van der Waals surface area (Å²) in [6.07, 6.45) is 3.07. The summed E-state index contributed by atoms with van der Waals surface area (Å²) < 4.78 is 1.68. The average molecular weight is 266 g/mol. The number of aryl methyl sites for hydroxylation is 1. The molecule has 0 saturated heterocycles. The van der Waals surface area contributed by atoms with E-state index in [1.165, 1.54) is 12.3 Å². The second-order valence-corrected chi connectivity index (χ2v) is 4.09. The highest BCUT2D eigenvalue weighted by atomic mass is 35.5. The number of pyridine rings is 1. The van der Waals surface area contributed by atoms with E-state index in [1.54, 1.807) is 17.9 Å². The van der Waals surface area contributed by atoms with E-state index in [0.29, 0.717) is 12.2 Å². The normalized spacial score (nSPS) is 10.3. The van der Waals surface area contributed by atoms with Crippen LogP contribution in [0.25, 0.3) is 0 Å². The lowest BCUT2D eigenvalue weighted by Gasteiger charge is -2.07. The zero-order valence-electron chi connectivity index (χ0n) is 9.72. The van der Waals surface area contributed by atoms with Crippen LogP contribution in [0.2, 0.25) is 5.15 Å². The van der Waals surface area contributed by atoms with Gasteiger partial charge in [0.2, 0.25) is 0 Å². The minimum Gasteiger partial charge on any atom is -0.397 e. The Labute approximate surface area is 109 Å². The predicted molar refractivity (Wildman–Crippen MR) is 68.0 cm³/mol. The molecule has 2 aromatic rings. The van der Waals surface area contributed by atoms with Gasteiger partial charge >= 0.3 is 0 Å². The lowest BCUT2D eigenvalue weighted by atomic mass is 10.2. The molecule has 18 heavy (non-hydrogen) atoms. The Bertz CT molecular complexity index is 581. The molecule has 0 unspecified atom stereocenters. The Morgan fingerprint density at radius 1 is 1.61 bits per heavy atom. The standard InChI is InChI=1S/C11H12ClN5O/c1-17-8(2-3-16-17)6-15-11(18)9-4-7(13)5-14-10(9)12/h2-5H,6,13H2,1H3,(H,15,18). The van der Waals surface area contributed by atoms with Gasteiger partial charge in [-0.2, -0.15) is 5.10 Å². The Kier molecular flexibility index (Phi) is 3.47. The van der Waals surface area contributed by atoms with Gasteiger partial charge in [0.15, 0.2) is 0 Å². The fraction of sp³-hybridized carbons (Fsp3) is 0.182. The molecule has 0 atom stereocenters. The van der Waals surface area contributed by atoms with Crippen molar-refractivity contribution >= 4 is 23.2 Å². The molecule has 7 heteroatoms. The average Bonchev–Trinajstić information content (AvgIpc) is 2.75. The van der Waals surface area contributed by atoms with Gasteiger partial charge in [0.25, 0.3) is 5.91 Å². The summed E-state index contributed by atoms with van der Waals surface area (Å²) in [7, 11) is 1.80. The van der Waals surface area contributed by atoms with E-state index in [-0.39, 0.29) is 16.6 Å². The van der Waals surface area contributed by atoms with Gasteiger partial charge in [0.05, 0.1) is 29.7 Å². The summed E-state index contributed by atoms with van der Waals surface area (Å²) in [4.78, 5) is 15.7. The number of hydrogen-bond acceptors (Lipinski definition) is 4. The third-order valence-electron chi connectivity index (χ3n) is 2.46. The Morgan fingerprint density at radius 2 is 2.39 bits per heavy atom. The number of nitrogen functional groups attached to an aromatic ring is 1. The SMILES string of the molecule is Cn1nccc1CNC(=O)c1cc(N)cnc1Cl. The van der Waals surface area contributed by atoms with Crippen LogP contribution in [-0.4, -0.2) is 20.7 Å². The third kappa shape index (κ3) is 2.60. The van der Waals surface area contributed by atoms with Gasteiger partial charge in [-0.3, -0.25) is 9.48 Å². The second-order valence-electron chi connectivity index (χ2n) is 3.74. The Morgan fingerprint density at radius 3 is 3.06 bits per heavy atom. The van der Waals surface area contributed by atoms with Crippen molar-refractivity contribution < 1.29 is 4.79 Å². The van der Waals surface area contributed by atoms with Crippen molar-refractivity contribution in [3.05, 3.63) is 40.9 Å². The monoisotopic (exact) mass is 265 g/mol. The Balaban J connectivity index is 2.08. The van der Waals surface area contributed by atoms with Gasteiger partial charge in [0.1, 0.15) is 5.15 Å². The van der Waals surface area contributed by atoms with E-state index >= 15 is 0 Å². The first-order valence-electron chi connectivity index (χ1n) is 5.24. The molecule has 2 rings (SSSR count). The topological polar surface area (TPSA) is 85.8 Å². The number of rotatable bonds is 3. The number of nitrogens with zero attached hydrogens (tertiary/aromatic N) is 3. The van der Waals surface area contributed by atoms with Crippen molar-refractivity contribution in [2.24, 2.45) is 7.05 Å². The van der Waals surface area contributed by atoms with Gasteiger partial charge in [-0.25, -0.2) is 4.98 Å². The molecule has 0 fully saturated rings. The molecule has 0 bridgehead atoms. The molecule has 94 valence electrons. The van der Waals surface area contributed by atoms with E-state index in [1.807, 2.05) is 6.07 Å². The minimum absolute atomic E-state index is 0.131. The van der Waals surface area contributed by atoms with Gasteiger partial charge < -0.3 is 11.1 Å². The summed E-state index contributed by atoms with van der Waals surface area (Å²) in [6.45, 7) is 0.362. The summed E-state index contributed by atoms with van der Waals surface area (Å²) >= 11 is 5.84. The fourth-order valence-electron chi connectivity index (χ4n) is 1.46. The van der Waals surface area contributed by atoms with Gasteiger partial charge in [-0.05, 0) is 12.1 Å². The molecule has 2 aromatic heterocycles. The van der Waals surface area contributed by atoms with Crippen LogP contribution in [0.5, 0.6) is 0 Å². The first kappa shape index (κ1) is 12.4. The van der Waals surface area contributed by atoms with E-state index in [9.17, 15) is 4.79 Å². The zero-order chi connectivity index (χ0) is 13.1. The summed E-state index contributed by atoms with van der Waals surface area (Å²) in [5.74, 6) is -0.319. The lowest BCUT2D eigenvalue weighted by molar-refractivity contribution is 0.0950. The molecular formula is C11H12ClN5O. The quantitative estimate of drug-likeness (QED) is 0.810. The first-order chi connectivity index (χ1) is 8.58. The number of aromatic nitrogens is 3. The van der Waals surface area contributed by atoms with Crippen molar-refractivity contribution in [2.45, 2.75) is 6.54 Å². The van der Waals surface area contributed by atoms with Crippen molar-refractivity contribution in [3.8, 4) is 0 Å². The third-order valence-corrected chi connectivity index (χ3v) is 2.76. The summed E-state index contributed by atoms with van der Waals surface area (Å²) in [6, 6.07) is 3.31. The van der Waals surface area contributed by atoms with Crippen LogP contribution in [0, 0.1) is 0 Å². The zero-order valence-corrected chi connectivity index (χ0v) is 10.5. The van der Waals surface area contributed by atoms with Crippen molar-refractivity contribution in [3.63, 3.8) is 0 Å². The van der Waals surface area contributed by atoms with Crippen molar-refractivity contribution in [1.29, 1.82) is 0 Å². The number of carbonyl (C=O) groups is 1. The number of amides is 1. The van der Waals surface area contributed by atoms with Gasteiger partial charge in [0, 0.05) is 13.2 Å².